The Hall–Kier alpha value is -1.96. The minimum atomic E-state index is -3.61. The van der Waals surface area contributed by atoms with Crippen LogP contribution >= 0.6 is 11.6 Å². The Morgan fingerprint density at radius 1 is 1.04 bits per heavy atom. The maximum atomic E-state index is 13.1. The monoisotopic (exact) mass is 424 g/mol. The second-order valence-electron chi connectivity index (χ2n) is 6.50. The summed E-state index contributed by atoms with van der Waals surface area (Å²) in [7, 11) is -1.97. The van der Waals surface area contributed by atoms with E-state index >= 15 is 0 Å². The van der Waals surface area contributed by atoms with Crippen molar-refractivity contribution < 1.29 is 17.9 Å². The lowest BCUT2D eigenvalue weighted by Gasteiger charge is -2.36. The van der Waals surface area contributed by atoms with E-state index in [0.717, 1.165) is 17.9 Å². The number of halogens is 1. The van der Waals surface area contributed by atoms with Gasteiger partial charge in [0.25, 0.3) is 0 Å². The largest absolute Gasteiger partial charge is 0.495 e. The van der Waals surface area contributed by atoms with Crippen LogP contribution in [-0.4, -0.2) is 52.6 Å². The Morgan fingerprint density at radius 3 is 2.43 bits per heavy atom. The van der Waals surface area contributed by atoms with Crippen LogP contribution in [-0.2, 0) is 10.0 Å². The van der Waals surface area contributed by atoms with Crippen molar-refractivity contribution in [2.45, 2.75) is 18.2 Å². The quantitative estimate of drug-likeness (QED) is 0.679. The third-order valence-corrected chi connectivity index (χ3v) is 6.87. The van der Waals surface area contributed by atoms with Crippen molar-refractivity contribution >= 4 is 27.3 Å². The molecule has 0 aliphatic carbocycles. The summed E-state index contributed by atoms with van der Waals surface area (Å²) in [5.74, 6) is 1.19. The van der Waals surface area contributed by atoms with E-state index in [0.29, 0.717) is 43.6 Å². The van der Waals surface area contributed by atoms with Crippen molar-refractivity contribution in [3.63, 3.8) is 0 Å². The van der Waals surface area contributed by atoms with Gasteiger partial charge in [-0.3, -0.25) is 0 Å². The SMILES string of the molecule is CCCOc1cc(S(=O)(=O)N2CCN(c3ccccc3OC)CC2)ccc1Cl. The predicted molar refractivity (Wildman–Crippen MR) is 111 cm³/mol. The number of hydrogen-bond acceptors (Lipinski definition) is 5. The van der Waals surface area contributed by atoms with Crippen molar-refractivity contribution in [1.29, 1.82) is 0 Å². The van der Waals surface area contributed by atoms with Gasteiger partial charge in [0, 0.05) is 32.2 Å². The molecule has 0 radical (unpaired) electrons. The molecule has 28 heavy (non-hydrogen) atoms. The van der Waals surface area contributed by atoms with Crippen molar-refractivity contribution in [3.8, 4) is 11.5 Å². The van der Waals surface area contributed by atoms with Gasteiger partial charge in [-0.05, 0) is 30.7 Å². The van der Waals surface area contributed by atoms with Crippen LogP contribution in [0.5, 0.6) is 11.5 Å². The average Bonchev–Trinajstić information content (AvgIpc) is 2.73. The molecule has 152 valence electrons. The Balaban J connectivity index is 1.74. The highest BCUT2D eigenvalue weighted by Gasteiger charge is 2.30. The molecular weight excluding hydrogens is 400 g/mol. The van der Waals surface area contributed by atoms with Crippen molar-refractivity contribution in [2.75, 3.05) is 44.8 Å². The second-order valence-corrected chi connectivity index (χ2v) is 8.85. The lowest BCUT2D eigenvalue weighted by molar-refractivity contribution is 0.316. The van der Waals surface area contributed by atoms with E-state index in [9.17, 15) is 8.42 Å². The molecule has 0 atom stereocenters. The van der Waals surface area contributed by atoms with Crippen LogP contribution in [0.4, 0.5) is 5.69 Å². The molecule has 1 fully saturated rings. The molecule has 0 spiro atoms. The molecule has 2 aromatic carbocycles. The second kappa shape index (κ2) is 9.03. The molecule has 1 aliphatic heterocycles. The van der Waals surface area contributed by atoms with Gasteiger partial charge >= 0.3 is 0 Å². The van der Waals surface area contributed by atoms with Crippen molar-refractivity contribution in [2.24, 2.45) is 0 Å². The highest BCUT2D eigenvalue weighted by Crippen LogP contribution is 2.31. The molecule has 1 heterocycles. The van der Waals surface area contributed by atoms with Gasteiger partial charge in [0.05, 0.1) is 29.3 Å². The van der Waals surface area contributed by atoms with E-state index in [4.69, 9.17) is 21.1 Å². The fourth-order valence-corrected chi connectivity index (χ4v) is 4.79. The smallest absolute Gasteiger partial charge is 0.243 e. The standard InChI is InChI=1S/C20H25ClN2O4S/c1-3-14-27-20-15-16(8-9-17(20)21)28(24,25)23-12-10-22(11-13-23)18-6-4-5-7-19(18)26-2/h4-9,15H,3,10-14H2,1-2H3. The zero-order valence-corrected chi connectivity index (χ0v) is 17.7. The first kappa shape index (κ1) is 20.8. The third kappa shape index (κ3) is 4.37. The van der Waals surface area contributed by atoms with E-state index in [1.54, 1.807) is 13.2 Å². The number of piperazine rings is 1. The number of nitrogens with zero attached hydrogens (tertiary/aromatic N) is 2. The minimum Gasteiger partial charge on any atom is -0.495 e. The molecule has 1 saturated heterocycles. The normalized spacial score (nSPS) is 15.5. The molecule has 6 nitrogen and oxygen atoms in total. The number of hydrogen-bond donors (Lipinski definition) is 0. The van der Waals surface area contributed by atoms with E-state index in [1.807, 2.05) is 31.2 Å². The summed E-state index contributed by atoms with van der Waals surface area (Å²) in [6.07, 6.45) is 0.818. The third-order valence-electron chi connectivity index (χ3n) is 4.67. The highest BCUT2D eigenvalue weighted by molar-refractivity contribution is 7.89. The minimum absolute atomic E-state index is 0.203. The lowest BCUT2D eigenvalue weighted by atomic mass is 10.2. The summed E-state index contributed by atoms with van der Waals surface area (Å²) in [6, 6.07) is 12.4. The van der Waals surface area contributed by atoms with Gasteiger partial charge < -0.3 is 14.4 Å². The summed E-state index contributed by atoms with van der Waals surface area (Å²) >= 11 is 6.13. The molecular formula is C20H25ClN2O4S. The molecule has 3 rings (SSSR count). The Kier molecular flexibility index (Phi) is 6.69. The fourth-order valence-electron chi connectivity index (χ4n) is 3.18. The van der Waals surface area contributed by atoms with Gasteiger partial charge in [0.1, 0.15) is 11.5 Å². The van der Waals surface area contributed by atoms with Crippen LogP contribution in [0.3, 0.4) is 0 Å². The summed E-state index contributed by atoms with van der Waals surface area (Å²) in [5.41, 5.74) is 0.976. The molecule has 0 saturated carbocycles. The summed E-state index contributed by atoms with van der Waals surface area (Å²) in [6.45, 7) is 4.44. The number of ether oxygens (including phenoxy) is 2. The summed E-state index contributed by atoms with van der Waals surface area (Å²) in [4.78, 5) is 2.34. The number of benzene rings is 2. The van der Waals surface area contributed by atoms with Crippen molar-refractivity contribution in [3.05, 3.63) is 47.5 Å². The number of anilines is 1. The van der Waals surface area contributed by atoms with Gasteiger partial charge in [-0.25, -0.2) is 8.42 Å². The first-order valence-corrected chi connectivity index (χ1v) is 11.1. The topological polar surface area (TPSA) is 59.1 Å². The Morgan fingerprint density at radius 2 is 1.75 bits per heavy atom. The van der Waals surface area contributed by atoms with Gasteiger partial charge in [-0.15, -0.1) is 0 Å². The zero-order valence-electron chi connectivity index (χ0n) is 16.1. The van der Waals surface area contributed by atoms with E-state index in [2.05, 4.69) is 4.90 Å². The number of sulfonamides is 1. The van der Waals surface area contributed by atoms with Gasteiger partial charge in [-0.1, -0.05) is 30.7 Å². The van der Waals surface area contributed by atoms with E-state index in [1.165, 1.54) is 16.4 Å². The molecule has 0 unspecified atom stereocenters. The zero-order chi connectivity index (χ0) is 20.1. The molecule has 0 bridgehead atoms. The molecule has 0 aromatic heterocycles. The maximum Gasteiger partial charge on any atom is 0.243 e. The van der Waals surface area contributed by atoms with Gasteiger partial charge in [-0.2, -0.15) is 4.31 Å². The van der Waals surface area contributed by atoms with Crippen molar-refractivity contribution in [1.82, 2.24) is 4.31 Å². The fraction of sp³-hybridized carbons (Fsp3) is 0.400. The molecule has 2 aromatic rings. The summed E-state index contributed by atoms with van der Waals surface area (Å²) < 4.78 is 38.6. The van der Waals surface area contributed by atoms with E-state index < -0.39 is 10.0 Å². The molecule has 1 aliphatic rings. The van der Waals surface area contributed by atoms with E-state index in [-0.39, 0.29) is 4.90 Å². The number of para-hydroxylation sites is 2. The first-order chi connectivity index (χ1) is 13.5. The van der Waals surface area contributed by atoms with Crippen LogP contribution in [0.1, 0.15) is 13.3 Å². The highest BCUT2D eigenvalue weighted by atomic mass is 35.5. The maximum absolute atomic E-state index is 13.1. The van der Waals surface area contributed by atoms with Gasteiger partial charge in [0.15, 0.2) is 0 Å². The van der Waals surface area contributed by atoms with Crippen LogP contribution < -0.4 is 14.4 Å². The van der Waals surface area contributed by atoms with Crippen LogP contribution in [0, 0.1) is 0 Å². The molecule has 0 amide bonds. The average molecular weight is 425 g/mol. The van der Waals surface area contributed by atoms with Crippen LogP contribution in [0.25, 0.3) is 0 Å². The van der Waals surface area contributed by atoms with Crippen LogP contribution in [0.2, 0.25) is 5.02 Å². The summed E-state index contributed by atoms with van der Waals surface area (Å²) in [5, 5.41) is 0.411. The Labute approximate surface area is 171 Å². The predicted octanol–water partition coefficient (Wildman–Crippen LogP) is 3.65. The number of methoxy groups -OCH3 is 1. The molecule has 0 N–H and O–H groups in total. The first-order valence-electron chi connectivity index (χ1n) is 9.28. The lowest BCUT2D eigenvalue weighted by Crippen LogP contribution is -2.48. The Bertz CT molecular complexity index is 912. The molecule has 8 heteroatoms. The van der Waals surface area contributed by atoms with Crippen LogP contribution in [0.15, 0.2) is 47.4 Å². The van der Waals surface area contributed by atoms with Gasteiger partial charge in [0.2, 0.25) is 10.0 Å². The number of rotatable bonds is 7.